The number of aromatic nitrogens is 2. The molecule has 1 aromatic rings. The highest BCUT2D eigenvalue weighted by molar-refractivity contribution is 7.87. The van der Waals surface area contributed by atoms with Gasteiger partial charge >= 0.3 is 0 Å². The van der Waals surface area contributed by atoms with E-state index in [0.29, 0.717) is 31.7 Å². The Bertz CT molecular complexity index is 674. The summed E-state index contributed by atoms with van der Waals surface area (Å²) in [6, 6.07) is -0.161. The fraction of sp³-hybridized carbons (Fsp3) is 0.545. The Kier molecular flexibility index (Phi) is 4.85. The summed E-state index contributed by atoms with van der Waals surface area (Å²) in [6.45, 7) is 1.29. The summed E-state index contributed by atoms with van der Waals surface area (Å²) < 4.78 is 24.5. The van der Waals surface area contributed by atoms with Gasteiger partial charge in [0.05, 0.1) is 6.42 Å². The molecule has 1 fully saturated rings. The first-order valence-corrected chi connectivity index (χ1v) is 8.16. The lowest BCUT2D eigenvalue weighted by Crippen LogP contribution is -2.47. The van der Waals surface area contributed by atoms with Crippen molar-refractivity contribution in [3.05, 3.63) is 11.9 Å². The maximum absolute atomic E-state index is 11.5. The number of anilines is 2. The highest BCUT2D eigenvalue weighted by Crippen LogP contribution is 2.30. The number of nitrogens with one attached hydrogen (secondary N) is 2. The zero-order valence-corrected chi connectivity index (χ0v) is 13.3. The molecule has 0 radical (unpaired) electrons. The number of fused-ring (bicyclic) bond motifs is 1. The third-order valence-electron chi connectivity index (χ3n) is 3.64. The van der Waals surface area contributed by atoms with Crippen LogP contribution in [0.5, 0.6) is 0 Å². The predicted octanol–water partition coefficient (Wildman–Crippen LogP) is -0.845. The van der Waals surface area contributed by atoms with E-state index in [-0.39, 0.29) is 30.8 Å². The number of amides is 1. The molecule has 0 atom stereocenters. The molecule has 0 aromatic carbocycles. The number of rotatable bonds is 3. The molecule has 0 unspecified atom stereocenters. The molecule has 3 rings (SSSR count). The molecule has 11 heteroatoms. The first-order chi connectivity index (χ1) is 9.92. The first kappa shape index (κ1) is 16.9. The van der Waals surface area contributed by atoms with Gasteiger partial charge in [0.1, 0.15) is 18.0 Å². The van der Waals surface area contributed by atoms with Crippen LogP contribution in [0, 0.1) is 0 Å². The number of piperidine rings is 1. The van der Waals surface area contributed by atoms with E-state index in [4.69, 9.17) is 5.14 Å². The fourth-order valence-corrected chi connectivity index (χ4v) is 3.42. The van der Waals surface area contributed by atoms with Gasteiger partial charge in [-0.05, 0) is 12.8 Å². The molecule has 0 spiro atoms. The molecule has 0 aliphatic carbocycles. The molecule has 1 saturated heterocycles. The Morgan fingerprint density at radius 3 is 2.64 bits per heavy atom. The van der Waals surface area contributed by atoms with Crippen LogP contribution in [0.2, 0.25) is 0 Å². The Hall–Kier alpha value is -1.49. The smallest absolute Gasteiger partial charge is 0.274 e. The molecule has 1 amide bonds. The molecule has 9 nitrogen and oxygen atoms in total. The molecular formula is C11H17ClN6O3S. The highest BCUT2D eigenvalue weighted by atomic mass is 35.5. The lowest BCUT2D eigenvalue weighted by Gasteiger charge is -2.33. The van der Waals surface area contributed by atoms with Crippen LogP contribution in [0.25, 0.3) is 0 Å². The number of nitrogens with zero attached hydrogens (tertiary/aromatic N) is 3. The molecule has 3 heterocycles. The molecule has 2 aliphatic heterocycles. The van der Waals surface area contributed by atoms with Gasteiger partial charge in [-0.3, -0.25) is 4.79 Å². The van der Waals surface area contributed by atoms with Gasteiger partial charge in [0.2, 0.25) is 5.91 Å². The van der Waals surface area contributed by atoms with Crippen molar-refractivity contribution >= 4 is 40.2 Å². The minimum Gasteiger partial charge on any atom is -0.356 e. The van der Waals surface area contributed by atoms with E-state index in [1.165, 1.54) is 6.33 Å². The van der Waals surface area contributed by atoms with E-state index < -0.39 is 10.2 Å². The number of carbonyl (C=O) groups is 1. The second kappa shape index (κ2) is 6.32. The topological polar surface area (TPSA) is 130 Å². The van der Waals surface area contributed by atoms with Crippen molar-refractivity contribution in [2.45, 2.75) is 25.3 Å². The number of hydrogen-bond donors (Lipinski definition) is 3. The largest absolute Gasteiger partial charge is 0.356 e. The van der Waals surface area contributed by atoms with Gasteiger partial charge in [-0.1, -0.05) is 0 Å². The van der Waals surface area contributed by atoms with Crippen LogP contribution < -0.4 is 20.1 Å². The van der Waals surface area contributed by atoms with E-state index >= 15 is 0 Å². The molecule has 22 heavy (non-hydrogen) atoms. The summed E-state index contributed by atoms with van der Waals surface area (Å²) in [5.41, 5.74) is 0.806. The Morgan fingerprint density at radius 1 is 1.32 bits per heavy atom. The summed E-state index contributed by atoms with van der Waals surface area (Å²) in [6.07, 6.45) is 2.97. The molecule has 2 aliphatic rings. The van der Waals surface area contributed by atoms with Gasteiger partial charge in [0.25, 0.3) is 10.2 Å². The van der Waals surface area contributed by atoms with Crippen LogP contribution in [0.15, 0.2) is 6.33 Å². The Morgan fingerprint density at radius 2 is 2.00 bits per heavy atom. The van der Waals surface area contributed by atoms with E-state index in [1.807, 2.05) is 4.90 Å². The molecule has 0 saturated carbocycles. The lowest BCUT2D eigenvalue weighted by atomic mass is 10.1. The quantitative estimate of drug-likeness (QED) is 0.652. The molecule has 0 bridgehead atoms. The maximum atomic E-state index is 11.5. The van der Waals surface area contributed by atoms with E-state index in [9.17, 15) is 13.2 Å². The van der Waals surface area contributed by atoms with Crippen molar-refractivity contribution in [2.24, 2.45) is 5.14 Å². The van der Waals surface area contributed by atoms with Crippen molar-refractivity contribution < 1.29 is 13.2 Å². The van der Waals surface area contributed by atoms with E-state index in [2.05, 4.69) is 20.0 Å². The molecule has 4 N–H and O–H groups in total. The molecular weight excluding hydrogens is 332 g/mol. The van der Waals surface area contributed by atoms with Gasteiger partial charge in [-0.2, -0.15) is 13.1 Å². The molecule has 1 aromatic heterocycles. The maximum Gasteiger partial charge on any atom is 0.274 e. The predicted molar refractivity (Wildman–Crippen MR) is 83.1 cm³/mol. The Balaban J connectivity index is 0.00000176. The zero-order valence-electron chi connectivity index (χ0n) is 11.7. The van der Waals surface area contributed by atoms with E-state index in [1.54, 1.807) is 0 Å². The highest BCUT2D eigenvalue weighted by Gasteiger charge is 2.28. The third-order valence-corrected chi connectivity index (χ3v) is 4.31. The summed E-state index contributed by atoms with van der Waals surface area (Å²) >= 11 is 0. The SMILES string of the molecule is Cl.NS(=O)(=O)NC1CCN(c2ncnc3c2CC(=O)N3)CC1. The van der Waals surface area contributed by atoms with E-state index in [0.717, 1.165) is 11.4 Å². The summed E-state index contributed by atoms with van der Waals surface area (Å²) in [4.78, 5) is 21.8. The van der Waals surface area contributed by atoms with Crippen molar-refractivity contribution in [2.75, 3.05) is 23.3 Å². The van der Waals surface area contributed by atoms with Crippen LogP contribution in [0.3, 0.4) is 0 Å². The average Bonchev–Trinajstić information content (AvgIpc) is 2.78. The van der Waals surface area contributed by atoms with Crippen LogP contribution in [0.1, 0.15) is 18.4 Å². The van der Waals surface area contributed by atoms with Crippen LogP contribution in [-0.4, -0.2) is 43.4 Å². The van der Waals surface area contributed by atoms with Gasteiger partial charge in [0, 0.05) is 24.7 Å². The van der Waals surface area contributed by atoms with Crippen LogP contribution in [0.4, 0.5) is 11.6 Å². The van der Waals surface area contributed by atoms with Crippen molar-refractivity contribution in [3.8, 4) is 0 Å². The monoisotopic (exact) mass is 348 g/mol. The van der Waals surface area contributed by atoms with Gasteiger partial charge in [-0.25, -0.2) is 15.1 Å². The number of carbonyl (C=O) groups excluding carboxylic acids is 1. The second-order valence-electron chi connectivity index (χ2n) is 5.17. The summed E-state index contributed by atoms with van der Waals surface area (Å²) in [5.74, 6) is 1.22. The van der Waals surface area contributed by atoms with Crippen molar-refractivity contribution in [1.29, 1.82) is 0 Å². The second-order valence-corrected chi connectivity index (χ2v) is 6.50. The average molecular weight is 349 g/mol. The number of nitrogens with two attached hydrogens (primary N) is 1. The standard InChI is InChI=1S/C11H16N6O3S.ClH/c12-21(19,20)16-7-1-3-17(4-2-7)11-8-5-9(18)15-10(8)13-6-14-11;/h6-7,16H,1-5H2,(H2,12,19,20)(H,13,14,15,18);1H. The number of halogens is 1. The van der Waals surface area contributed by atoms with Gasteiger partial charge in [-0.15, -0.1) is 12.4 Å². The lowest BCUT2D eigenvalue weighted by molar-refractivity contribution is -0.115. The minimum atomic E-state index is -3.67. The minimum absolute atomic E-state index is 0. The third kappa shape index (κ3) is 3.64. The molecule has 122 valence electrons. The first-order valence-electron chi connectivity index (χ1n) is 6.61. The van der Waals surface area contributed by atoms with Crippen LogP contribution >= 0.6 is 12.4 Å². The van der Waals surface area contributed by atoms with Crippen LogP contribution in [-0.2, 0) is 21.4 Å². The van der Waals surface area contributed by atoms with Gasteiger partial charge in [0.15, 0.2) is 0 Å². The summed E-state index contributed by atoms with van der Waals surface area (Å²) in [7, 11) is -3.67. The van der Waals surface area contributed by atoms with Crippen molar-refractivity contribution in [3.63, 3.8) is 0 Å². The number of hydrogen-bond acceptors (Lipinski definition) is 6. The normalized spacial score (nSPS) is 18.6. The Labute approximate surface area is 134 Å². The van der Waals surface area contributed by atoms with Crippen molar-refractivity contribution in [1.82, 2.24) is 14.7 Å². The zero-order chi connectivity index (χ0) is 15.0. The fourth-order valence-electron chi connectivity index (χ4n) is 2.72. The summed E-state index contributed by atoms with van der Waals surface area (Å²) in [5, 5.41) is 7.67. The van der Waals surface area contributed by atoms with Gasteiger partial charge < -0.3 is 10.2 Å².